The molecule has 0 bridgehead atoms. The van der Waals surface area contributed by atoms with Crippen LogP contribution in [0.1, 0.15) is 9.67 Å². The number of hydrogen-bond acceptors (Lipinski definition) is 7. The molecule has 1 heterocycles. The number of hydrogen-bond donors (Lipinski definition) is 4. The lowest BCUT2D eigenvalue weighted by atomic mass is 10.0. The van der Waals surface area contributed by atoms with Crippen LogP contribution in [-0.2, 0) is 0 Å². The van der Waals surface area contributed by atoms with Crippen LogP contribution < -0.4 is 5.32 Å². The van der Waals surface area contributed by atoms with Crippen LogP contribution in [0.4, 0.5) is 5.00 Å². The highest BCUT2D eigenvalue weighted by molar-refractivity contribution is 7.17. The molecule has 18 heavy (non-hydrogen) atoms. The van der Waals surface area contributed by atoms with Gasteiger partial charge in [-0.3, -0.25) is 14.9 Å². The van der Waals surface area contributed by atoms with Crippen molar-refractivity contribution in [2.24, 2.45) is 0 Å². The summed E-state index contributed by atoms with van der Waals surface area (Å²) in [7, 11) is 0. The number of nitro groups is 1. The van der Waals surface area contributed by atoms with Crippen molar-refractivity contribution < 1.29 is 25.0 Å². The van der Waals surface area contributed by atoms with Gasteiger partial charge in [-0.1, -0.05) is 11.3 Å². The highest BCUT2D eigenvalue weighted by Gasteiger charge is 2.31. The zero-order valence-electron chi connectivity index (χ0n) is 9.20. The largest absolute Gasteiger partial charge is 0.394 e. The molecular formula is C9H12N2O6S. The summed E-state index contributed by atoms with van der Waals surface area (Å²) in [6.45, 7) is -1.96. The Morgan fingerprint density at radius 2 is 1.89 bits per heavy atom. The Balaban J connectivity index is 2.84. The Morgan fingerprint density at radius 3 is 2.28 bits per heavy atom. The third kappa shape index (κ3) is 3.01. The van der Waals surface area contributed by atoms with Crippen LogP contribution >= 0.6 is 11.3 Å². The van der Waals surface area contributed by atoms with E-state index >= 15 is 0 Å². The zero-order valence-corrected chi connectivity index (χ0v) is 10.0. The van der Waals surface area contributed by atoms with E-state index in [4.69, 9.17) is 15.3 Å². The van der Waals surface area contributed by atoms with Crippen LogP contribution in [0, 0.1) is 10.1 Å². The van der Waals surface area contributed by atoms with Crippen molar-refractivity contribution in [3.63, 3.8) is 0 Å². The summed E-state index contributed by atoms with van der Waals surface area (Å²) in [6, 6.07) is 2.44. The van der Waals surface area contributed by atoms with Crippen molar-refractivity contribution >= 4 is 22.2 Å². The molecule has 0 aliphatic rings. The van der Waals surface area contributed by atoms with Gasteiger partial charge in [-0.05, 0) is 6.07 Å². The summed E-state index contributed by atoms with van der Waals surface area (Å²) >= 11 is 0.665. The number of carbonyl (C=O) groups is 1. The maximum atomic E-state index is 11.7. The number of nitrogens with one attached hydrogen (secondary N) is 1. The minimum absolute atomic E-state index is 0.0569. The summed E-state index contributed by atoms with van der Waals surface area (Å²) < 4.78 is 0. The first-order valence-electron chi connectivity index (χ1n) is 4.87. The van der Waals surface area contributed by atoms with E-state index < -0.39 is 36.2 Å². The predicted molar refractivity (Wildman–Crippen MR) is 62.4 cm³/mol. The molecule has 1 amide bonds. The van der Waals surface area contributed by atoms with Gasteiger partial charge in [0, 0.05) is 6.07 Å². The molecule has 8 nitrogen and oxygen atoms in total. The average Bonchev–Trinajstić information content (AvgIpc) is 2.86. The Labute approximate surface area is 106 Å². The smallest absolute Gasteiger partial charge is 0.324 e. The molecule has 0 spiro atoms. The molecule has 0 saturated carbocycles. The molecule has 1 aromatic rings. The van der Waals surface area contributed by atoms with Crippen molar-refractivity contribution in [3.05, 3.63) is 27.1 Å². The molecule has 4 N–H and O–H groups in total. The molecular weight excluding hydrogens is 264 g/mol. The van der Waals surface area contributed by atoms with Crippen molar-refractivity contribution in [2.75, 3.05) is 19.8 Å². The van der Waals surface area contributed by atoms with Gasteiger partial charge in [0.05, 0.1) is 29.6 Å². The molecule has 0 saturated heterocycles. The zero-order chi connectivity index (χ0) is 13.8. The Kier molecular flexibility index (Phi) is 4.73. The molecule has 9 heteroatoms. The van der Waals surface area contributed by atoms with Crippen molar-refractivity contribution in [2.45, 2.75) is 5.54 Å². The fourth-order valence-corrected chi connectivity index (χ4v) is 1.83. The van der Waals surface area contributed by atoms with E-state index in [1.54, 1.807) is 0 Å². The minimum Gasteiger partial charge on any atom is -0.394 e. The van der Waals surface area contributed by atoms with E-state index in [9.17, 15) is 14.9 Å². The van der Waals surface area contributed by atoms with Crippen LogP contribution in [-0.4, -0.2) is 51.5 Å². The SMILES string of the molecule is O=C(NC(CO)(CO)CO)c1ccc([N+](=O)[O-])s1. The molecule has 0 aromatic carbocycles. The molecule has 0 atom stereocenters. The van der Waals surface area contributed by atoms with Gasteiger partial charge in [0.15, 0.2) is 0 Å². The van der Waals surface area contributed by atoms with Gasteiger partial charge in [0.1, 0.15) is 5.54 Å². The second kappa shape index (κ2) is 5.87. The molecule has 100 valence electrons. The van der Waals surface area contributed by atoms with Crippen LogP contribution in [0.5, 0.6) is 0 Å². The number of aliphatic hydroxyl groups is 3. The van der Waals surface area contributed by atoms with Crippen LogP contribution in [0.25, 0.3) is 0 Å². The summed E-state index contributed by atoms with van der Waals surface area (Å²) in [5.74, 6) is -0.703. The molecule has 0 aliphatic heterocycles. The van der Waals surface area contributed by atoms with Crippen LogP contribution in [0.2, 0.25) is 0 Å². The summed E-state index contributed by atoms with van der Waals surface area (Å²) in [4.78, 5) is 21.6. The molecule has 1 aromatic heterocycles. The predicted octanol–water partition coefficient (Wildman–Crippen LogP) is -0.898. The monoisotopic (exact) mass is 276 g/mol. The first kappa shape index (κ1) is 14.5. The minimum atomic E-state index is -1.55. The van der Waals surface area contributed by atoms with E-state index in [1.807, 2.05) is 0 Å². The number of aliphatic hydroxyl groups excluding tert-OH is 3. The van der Waals surface area contributed by atoms with Gasteiger partial charge >= 0.3 is 5.00 Å². The molecule has 1 rings (SSSR count). The van der Waals surface area contributed by atoms with Gasteiger partial charge in [0.2, 0.25) is 0 Å². The van der Waals surface area contributed by atoms with Crippen LogP contribution in [0.15, 0.2) is 12.1 Å². The second-order valence-corrected chi connectivity index (χ2v) is 4.67. The van der Waals surface area contributed by atoms with Crippen molar-refractivity contribution in [3.8, 4) is 0 Å². The third-order valence-electron chi connectivity index (χ3n) is 2.28. The topological polar surface area (TPSA) is 133 Å². The normalized spacial score (nSPS) is 11.3. The van der Waals surface area contributed by atoms with Gasteiger partial charge in [-0.2, -0.15) is 0 Å². The maximum Gasteiger partial charge on any atom is 0.324 e. The fraction of sp³-hybridized carbons (Fsp3) is 0.444. The lowest BCUT2D eigenvalue weighted by Crippen LogP contribution is -2.56. The summed E-state index contributed by atoms with van der Waals surface area (Å²) in [5, 5.41) is 39.6. The molecule has 0 fully saturated rings. The Morgan fingerprint density at radius 1 is 1.33 bits per heavy atom. The van der Waals surface area contributed by atoms with E-state index in [1.165, 1.54) is 12.1 Å². The number of carbonyl (C=O) groups excluding carboxylic acids is 1. The first-order valence-corrected chi connectivity index (χ1v) is 5.69. The van der Waals surface area contributed by atoms with Gasteiger partial charge in [-0.15, -0.1) is 0 Å². The van der Waals surface area contributed by atoms with E-state index in [-0.39, 0.29) is 9.88 Å². The van der Waals surface area contributed by atoms with Gasteiger partial charge < -0.3 is 20.6 Å². The number of nitrogens with zero attached hydrogens (tertiary/aromatic N) is 1. The average molecular weight is 276 g/mol. The summed E-state index contributed by atoms with van der Waals surface area (Å²) in [5.41, 5.74) is -1.55. The Hall–Kier alpha value is -1.55. The quantitative estimate of drug-likeness (QED) is 0.393. The number of rotatable bonds is 6. The highest BCUT2D eigenvalue weighted by Crippen LogP contribution is 2.24. The molecule has 0 unspecified atom stereocenters. The van der Waals surface area contributed by atoms with Gasteiger partial charge in [-0.25, -0.2) is 0 Å². The van der Waals surface area contributed by atoms with E-state index in [0.29, 0.717) is 11.3 Å². The standard InChI is InChI=1S/C9H12N2O6S/c12-3-9(4-13,5-14)10-8(15)6-1-2-7(18-6)11(16)17/h1-2,12-14H,3-5H2,(H,10,15). The van der Waals surface area contributed by atoms with E-state index in [2.05, 4.69) is 5.32 Å². The Bertz CT molecular complexity index is 434. The third-order valence-corrected chi connectivity index (χ3v) is 3.32. The molecule has 0 aliphatic carbocycles. The van der Waals surface area contributed by atoms with E-state index in [0.717, 1.165) is 0 Å². The van der Waals surface area contributed by atoms with Gasteiger partial charge in [0.25, 0.3) is 5.91 Å². The maximum absolute atomic E-state index is 11.7. The van der Waals surface area contributed by atoms with Crippen molar-refractivity contribution in [1.82, 2.24) is 5.32 Å². The second-order valence-electron chi connectivity index (χ2n) is 3.60. The lowest BCUT2D eigenvalue weighted by molar-refractivity contribution is -0.380. The van der Waals surface area contributed by atoms with Crippen LogP contribution in [0.3, 0.4) is 0 Å². The first-order chi connectivity index (χ1) is 8.48. The highest BCUT2D eigenvalue weighted by atomic mass is 32.1. The van der Waals surface area contributed by atoms with Crippen molar-refractivity contribution in [1.29, 1.82) is 0 Å². The number of amides is 1. The number of thiophene rings is 1. The lowest BCUT2D eigenvalue weighted by Gasteiger charge is -2.28. The molecule has 0 radical (unpaired) electrons. The fourth-order valence-electron chi connectivity index (χ4n) is 1.12. The summed E-state index contributed by atoms with van der Waals surface area (Å²) in [6.07, 6.45) is 0.